The van der Waals surface area contributed by atoms with E-state index in [0.29, 0.717) is 0 Å². The first-order valence-electron chi connectivity index (χ1n) is 5.22. The zero-order chi connectivity index (χ0) is 14.2. The summed E-state index contributed by atoms with van der Waals surface area (Å²) >= 11 is 0. The molecule has 1 saturated heterocycles. The van der Waals surface area contributed by atoms with Crippen LogP contribution in [0.25, 0.3) is 0 Å². The Morgan fingerprint density at radius 3 is 2.11 bits per heavy atom. The average Bonchev–Trinajstić information content (AvgIpc) is 2.14. The van der Waals surface area contributed by atoms with Crippen LogP contribution in [0.2, 0.25) is 0 Å². The summed E-state index contributed by atoms with van der Waals surface area (Å²) in [5.74, 6) is 0. The number of ether oxygens (including phenoxy) is 1. The van der Waals surface area contributed by atoms with Crippen molar-refractivity contribution in [2.45, 2.75) is 24.7 Å². The zero-order valence-electron chi connectivity index (χ0n) is 9.71. The molecule has 0 aliphatic carbocycles. The van der Waals surface area contributed by atoms with E-state index in [4.69, 9.17) is 4.74 Å². The second kappa shape index (κ2) is 5.28. The van der Waals surface area contributed by atoms with Crippen molar-refractivity contribution in [1.29, 1.82) is 0 Å². The summed E-state index contributed by atoms with van der Waals surface area (Å²) in [4.78, 5) is 38.3. The van der Waals surface area contributed by atoms with Gasteiger partial charge in [-0.1, -0.05) is 6.92 Å². The van der Waals surface area contributed by atoms with Gasteiger partial charge in [-0.25, -0.2) is 0 Å². The Hall–Kier alpha value is 0.180. The van der Waals surface area contributed by atoms with Crippen molar-refractivity contribution >= 4 is 15.2 Å². The summed E-state index contributed by atoms with van der Waals surface area (Å²) in [6.07, 6.45) is -1.78. The van der Waals surface area contributed by atoms with Crippen molar-refractivity contribution in [3.63, 3.8) is 0 Å². The van der Waals surface area contributed by atoms with Gasteiger partial charge in [-0.3, -0.25) is 14.0 Å². The van der Waals surface area contributed by atoms with Gasteiger partial charge in [0.2, 0.25) is 5.02 Å². The fourth-order valence-corrected chi connectivity index (χ4v) is 5.41. The fourth-order valence-electron chi connectivity index (χ4n) is 2.13. The minimum Gasteiger partial charge on any atom is -0.367 e. The van der Waals surface area contributed by atoms with Gasteiger partial charge >= 0.3 is 15.2 Å². The predicted molar refractivity (Wildman–Crippen MR) is 60.6 cm³/mol. The van der Waals surface area contributed by atoms with Crippen LogP contribution in [0.4, 0.5) is 0 Å². The molecule has 11 heteroatoms. The third kappa shape index (κ3) is 2.70. The SMILES string of the molecule is CCC(N1CCOC(O)C1)(P(=O)(O)O)P(=O)(O)O. The highest BCUT2D eigenvalue weighted by Gasteiger charge is 2.63. The molecule has 0 aromatic rings. The van der Waals surface area contributed by atoms with Crippen LogP contribution in [0, 0.1) is 0 Å². The maximum absolute atomic E-state index is 11.6. The lowest BCUT2D eigenvalue weighted by Crippen LogP contribution is -2.55. The van der Waals surface area contributed by atoms with Crippen LogP contribution in [0.5, 0.6) is 0 Å². The number of nitrogens with zero attached hydrogens (tertiary/aromatic N) is 1. The van der Waals surface area contributed by atoms with E-state index in [0.717, 1.165) is 4.90 Å². The van der Waals surface area contributed by atoms with E-state index < -0.39 is 32.9 Å². The van der Waals surface area contributed by atoms with Crippen molar-refractivity contribution in [2.75, 3.05) is 19.7 Å². The van der Waals surface area contributed by atoms with Gasteiger partial charge in [-0.15, -0.1) is 0 Å². The van der Waals surface area contributed by atoms with Crippen LogP contribution in [-0.4, -0.2) is 60.6 Å². The summed E-state index contributed by atoms with van der Waals surface area (Å²) in [6.45, 7) is 0.758. The van der Waals surface area contributed by atoms with Crippen LogP contribution >= 0.6 is 15.2 Å². The van der Waals surface area contributed by atoms with Gasteiger partial charge in [0.1, 0.15) is 0 Å². The number of aliphatic hydroxyl groups excluding tert-OH is 1. The van der Waals surface area contributed by atoms with Gasteiger partial charge < -0.3 is 29.4 Å². The van der Waals surface area contributed by atoms with Crippen molar-refractivity contribution in [3.05, 3.63) is 0 Å². The van der Waals surface area contributed by atoms with E-state index >= 15 is 0 Å². The minimum absolute atomic E-state index is 0.0666. The lowest BCUT2D eigenvalue weighted by molar-refractivity contribution is -0.153. The predicted octanol–water partition coefficient (Wildman–Crippen LogP) is -0.944. The van der Waals surface area contributed by atoms with E-state index in [-0.39, 0.29) is 19.7 Å². The van der Waals surface area contributed by atoms with Crippen LogP contribution in [0.3, 0.4) is 0 Å². The number of morpholine rings is 1. The average molecular weight is 305 g/mol. The Bertz CT molecular complexity index is 367. The summed E-state index contributed by atoms with van der Waals surface area (Å²) < 4.78 is 27.9. The highest BCUT2D eigenvalue weighted by atomic mass is 31.2. The second-order valence-electron chi connectivity index (χ2n) is 3.99. The molecule has 0 bridgehead atoms. The Balaban J connectivity index is 3.28. The summed E-state index contributed by atoms with van der Waals surface area (Å²) in [5.41, 5.74) is 0. The summed E-state index contributed by atoms with van der Waals surface area (Å²) in [7, 11) is -10.3. The molecule has 18 heavy (non-hydrogen) atoms. The lowest BCUT2D eigenvalue weighted by atomic mass is 10.3. The largest absolute Gasteiger partial charge is 0.367 e. The van der Waals surface area contributed by atoms with Crippen LogP contribution < -0.4 is 0 Å². The molecule has 108 valence electrons. The van der Waals surface area contributed by atoms with Crippen molar-refractivity contribution in [3.8, 4) is 0 Å². The maximum Gasteiger partial charge on any atom is 0.358 e. The topological polar surface area (TPSA) is 148 Å². The first kappa shape index (κ1) is 16.2. The molecule has 0 spiro atoms. The summed E-state index contributed by atoms with van der Waals surface area (Å²) in [5, 5.41) is 6.69. The van der Waals surface area contributed by atoms with E-state index in [1.54, 1.807) is 0 Å². The van der Waals surface area contributed by atoms with E-state index in [1.165, 1.54) is 6.92 Å². The maximum atomic E-state index is 11.6. The van der Waals surface area contributed by atoms with Gasteiger partial charge in [-0.05, 0) is 6.42 Å². The van der Waals surface area contributed by atoms with Crippen molar-refractivity contribution < 1.29 is 38.5 Å². The van der Waals surface area contributed by atoms with Crippen LogP contribution in [0.15, 0.2) is 0 Å². The molecule has 1 fully saturated rings. The summed E-state index contributed by atoms with van der Waals surface area (Å²) in [6, 6.07) is 0. The third-order valence-corrected chi connectivity index (χ3v) is 7.59. The first-order valence-corrected chi connectivity index (χ1v) is 8.44. The van der Waals surface area contributed by atoms with Crippen molar-refractivity contribution in [2.24, 2.45) is 0 Å². The molecule has 9 nitrogen and oxygen atoms in total. The highest BCUT2D eigenvalue weighted by Crippen LogP contribution is 2.71. The molecular weight excluding hydrogens is 288 g/mol. The molecule has 1 atom stereocenters. The van der Waals surface area contributed by atoms with E-state index in [2.05, 4.69) is 0 Å². The highest BCUT2D eigenvalue weighted by molar-refractivity contribution is 7.72. The van der Waals surface area contributed by atoms with Gasteiger partial charge in [0, 0.05) is 6.54 Å². The lowest BCUT2D eigenvalue weighted by Gasteiger charge is -2.45. The zero-order valence-corrected chi connectivity index (χ0v) is 11.5. The quantitative estimate of drug-likeness (QED) is 0.415. The fraction of sp³-hybridized carbons (Fsp3) is 1.00. The molecule has 1 unspecified atom stereocenters. The van der Waals surface area contributed by atoms with Crippen molar-refractivity contribution in [1.82, 2.24) is 4.90 Å². The van der Waals surface area contributed by atoms with Gasteiger partial charge in [0.15, 0.2) is 6.29 Å². The number of hydrogen-bond acceptors (Lipinski definition) is 5. The molecule has 1 rings (SSSR count). The second-order valence-corrected chi connectivity index (χ2v) is 8.00. The van der Waals surface area contributed by atoms with Gasteiger partial charge in [0.25, 0.3) is 0 Å². The number of hydrogen-bond donors (Lipinski definition) is 5. The number of β-amino-alcohol motifs (C(OH)–C–C–N with tert-alkyl or cyclic N) is 1. The Morgan fingerprint density at radius 2 is 1.78 bits per heavy atom. The van der Waals surface area contributed by atoms with Gasteiger partial charge in [0.05, 0.1) is 13.2 Å². The number of aliphatic hydroxyl groups is 1. The first-order chi connectivity index (χ1) is 8.06. The molecule has 0 radical (unpaired) electrons. The molecular formula is C7H17NO8P2. The molecule has 0 amide bonds. The van der Waals surface area contributed by atoms with E-state index in [9.17, 15) is 33.8 Å². The standard InChI is InChI=1S/C7H17NO8P2/c1-2-7(17(10,11)12,18(13,14)15)8-3-4-16-6(9)5-8/h6,9H,2-5H2,1H3,(H2,10,11,12)(H2,13,14,15). The minimum atomic E-state index is -5.13. The van der Waals surface area contributed by atoms with Gasteiger partial charge in [-0.2, -0.15) is 0 Å². The normalized spacial score (nSPS) is 24.2. The molecule has 0 aromatic heterocycles. The molecule has 1 aliphatic rings. The van der Waals surface area contributed by atoms with Crippen LogP contribution in [-0.2, 0) is 13.9 Å². The third-order valence-electron chi connectivity index (χ3n) is 2.96. The van der Waals surface area contributed by atoms with E-state index in [1.807, 2.05) is 0 Å². The Labute approximate surface area is 104 Å². The van der Waals surface area contributed by atoms with Crippen LogP contribution in [0.1, 0.15) is 13.3 Å². The smallest absolute Gasteiger partial charge is 0.358 e. The molecule has 0 aromatic carbocycles. The Kier molecular flexibility index (Phi) is 4.76. The Morgan fingerprint density at radius 1 is 1.28 bits per heavy atom. The molecule has 5 N–H and O–H groups in total. The molecule has 1 heterocycles. The monoisotopic (exact) mass is 305 g/mol. The number of rotatable bonds is 4. The molecule has 1 aliphatic heterocycles. The molecule has 0 saturated carbocycles.